The van der Waals surface area contributed by atoms with Crippen molar-refractivity contribution < 1.29 is 40.7 Å². The van der Waals surface area contributed by atoms with Gasteiger partial charge in [0.2, 0.25) is 11.8 Å². The van der Waals surface area contributed by atoms with E-state index in [-0.39, 0.29) is 29.5 Å². The molecule has 36 heavy (non-hydrogen) atoms. The summed E-state index contributed by atoms with van der Waals surface area (Å²) in [6.07, 6.45) is -1.85. The monoisotopic (exact) mass is 512 g/mol. The molecule has 0 aromatic heterocycles. The van der Waals surface area contributed by atoms with Crippen LogP contribution in [-0.4, -0.2) is 60.1 Å². The summed E-state index contributed by atoms with van der Waals surface area (Å²) in [5.74, 6) is -8.67. The van der Waals surface area contributed by atoms with Crippen molar-refractivity contribution in [3.63, 3.8) is 0 Å². The average Bonchev–Trinajstić information content (AvgIpc) is 2.98. The largest absolute Gasteiger partial charge is 0.369 e. The molecule has 1 spiro atoms. The molecule has 11 heteroatoms. The first kappa shape index (κ1) is 24.6. The Morgan fingerprint density at radius 1 is 1.11 bits per heavy atom. The highest BCUT2D eigenvalue weighted by molar-refractivity contribution is 5.83. The van der Waals surface area contributed by atoms with Gasteiger partial charge in [-0.25, -0.2) is 26.3 Å². The first-order valence-corrected chi connectivity index (χ1v) is 11.5. The molecule has 2 aliphatic heterocycles. The maximum atomic E-state index is 15.6. The summed E-state index contributed by atoms with van der Waals surface area (Å²) in [5.41, 5.74) is -2.69. The maximum absolute atomic E-state index is 15.6. The minimum Gasteiger partial charge on any atom is -0.369 e. The quantitative estimate of drug-likeness (QED) is 0.635. The van der Waals surface area contributed by atoms with E-state index < -0.39 is 85.0 Å². The van der Waals surface area contributed by atoms with Crippen LogP contribution in [0.3, 0.4) is 0 Å². The number of hydrogen-bond donors (Lipinski definition) is 1. The molecule has 2 heterocycles. The summed E-state index contributed by atoms with van der Waals surface area (Å²) in [6.45, 7) is -2.11. The van der Waals surface area contributed by atoms with Gasteiger partial charge in [0.1, 0.15) is 35.8 Å². The number of ether oxygens (including phenoxy) is 1. The van der Waals surface area contributed by atoms with Crippen LogP contribution in [-0.2, 0) is 20.7 Å². The third-order valence-corrected chi connectivity index (χ3v) is 7.27. The number of carbonyl (C=O) groups is 2. The van der Waals surface area contributed by atoms with E-state index in [1.54, 1.807) is 0 Å². The van der Waals surface area contributed by atoms with E-state index in [0.29, 0.717) is 6.07 Å². The number of nitrogens with one attached hydrogen (secondary N) is 1. The fraction of sp³-hybridized carbons (Fsp3) is 0.440. The smallest absolute Gasteiger partial charge is 0.292 e. The lowest BCUT2D eigenvalue weighted by Gasteiger charge is -2.43. The molecule has 0 radical (unpaired) electrons. The number of alkyl halides is 3. The zero-order chi connectivity index (χ0) is 25.8. The van der Waals surface area contributed by atoms with Crippen LogP contribution in [0.4, 0.5) is 26.3 Å². The Hall–Kier alpha value is -3.08. The molecule has 1 aliphatic carbocycles. The zero-order valence-electron chi connectivity index (χ0n) is 18.9. The highest BCUT2D eigenvalue weighted by Gasteiger charge is 2.69. The van der Waals surface area contributed by atoms with Gasteiger partial charge in [0.05, 0.1) is 19.2 Å². The van der Waals surface area contributed by atoms with Gasteiger partial charge in [-0.15, -0.1) is 0 Å². The van der Waals surface area contributed by atoms with E-state index in [0.717, 1.165) is 17.0 Å². The number of halogens is 6. The van der Waals surface area contributed by atoms with Crippen molar-refractivity contribution in [3.8, 4) is 11.1 Å². The summed E-state index contributed by atoms with van der Waals surface area (Å²) in [7, 11) is 0. The second-order valence-corrected chi connectivity index (χ2v) is 9.61. The second kappa shape index (κ2) is 8.79. The summed E-state index contributed by atoms with van der Waals surface area (Å²) < 4.78 is 92.6. The Labute approximate surface area is 202 Å². The fourth-order valence-electron chi connectivity index (χ4n) is 5.36. The van der Waals surface area contributed by atoms with Crippen LogP contribution in [0.15, 0.2) is 36.4 Å². The van der Waals surface area contributed by atoms with Crippen molar-refractivity contribution in [2.24, 2.45) is 5.92 Å². The van der Waals surface area contributed by atoms with Crippen molar-refractivity contribution in [1.82, 2.24) is 10.2 Å². The molecule has 1 saturated carbocycles. The Kier molecular flexibility index (Phi) is 6.01. The summed E-state index contributed by atoms with van der Waals surface area (Å²) >= 11 is 0. The predicted octanol–water partition coefficient (Wildman–Crippen LogP) is 3.79. The van der Waals surface area contributed by atoms with Crippen LogP contribution in [0.25, 0.3) is 11.1 Å². The standard InChI is InChI=1S/C25H22F6N2O3/c26-16-6-15(7-16)23(35)33-11-25(30,31)24(12-36-10-21(34)32-24)20(33)8-13-2-1-3-19(22(13)29)14-4-17(27)9-18(28)5-14/h1-5,9,15-16,20H,6-8,10-12H2,(H,32,34). The molecule has 2 unspecified atom stereocenters. The molecule has 2 amide bonds. The highest BCUT2D eigenvalue weighted by atomic mass is 19.3. The normalized spacial score (nSPS) is 29.2. The van der Waals surface area contributed by atoms with Gasteiger partial charge in [-0.05, 0) is 42.5 Å². The molecule has 5 nitrogen and oxygen atoms in total. The number of benzene rings is 2. The topological polar surface area (TPSA) is 58.6 Å². The van der Waals surface area contributed by atoms with Crippen molar-refractivity contribution in [1.29, 1.82) is 0 Å². The molecule has 1 N–H and O–H groups in total. The number of carbonyl (C=O) groups excluding carboxylic acids is 2. The molecule has 3 fully saturated rings. The number of nitrogens with zero attached hydrogens (tertiary/aromatic N) is 1. The average molecular weight is 512 g/mol. The summed E-state index contributed by atoms with van der Waals surface area (Å²) in [6, 6.07) is 5.09. The minimum absolute atomic E-state index is 0.0935. The van der Waals surface area contributed by atoms with E-state index >= 15 is 13.2 Å². The van der Waals surface area contributed by atoms with Crippen molar-refractivity contribution in [2.45, 2.75) is 42.9 Å². The number of likely N-dealkylation sites (tertiary alicyclic amines) is 1. The third-order valence-electron chi connectivity index (χ3n) is 7.27. The van der Waals surface area contributed by atoms with Gasteiger partial charge in [-0.3, -0.25) is 9.59 Å². The fourth-order valence-corrected chi connectivity index (χ4v) is 5.36. The minimum atomic E-state index is -3.62. The Balaban J connectivity index is 1.55. The van der Waals surface area contributed by atoms with Crippen molar-refractivity contribution in [2.75, 3.05) is 19.8 Å². The van der Waals surface area contributed by atoms with Crippen LogP contribution in [0.1, 0.15) is 18.4 Å². The number of hydrogen-bond acceptors (Lipinski definition) is 3. The van der Waals surface area contributed by atoms with Crippen molar-refractivity contribution in [3.05, 3.63) is 59.4 Å². The Morgan fingerprint density at radius 2 is 1.81 bits per heavy atom. The second-order valence-electron chi connectivity index (χ2n) is 9.61. The van der Waals surface area contributed by atoms with E-state index in [1.807, 2.05) is 0 Å². The molecule has 2 atom stereocenters. The van der Waals surface area contributed by atoms with Gasteiger partial charge in [-0.1, -0.05) is 18.2 Å². The van der Waals surface area contributed by atoms with Crippen LogP contribution >= 0.6 is 0 Å². The van der Waals surface area contributed by atoms with E-state index in [2.05, 4.69) is 5.32 Å². The van der Waals surface area contributed by atoms with Gasteiger partial charge in [0.15, 0.2) is 0 Å². The van der Waals surface area contributed by atoms with Gasteiger partial charge < -0.3 is 15.0 Å². The zero-order valence-corrected chi connectivity index (χ0v) is 18.9. The molecule has 3 aliphatic rings. The Morgan fingerprint density at radius 3 is 2.44 bits per heavy atom. The molecular formula is C25H22F6N2O3. The van der Waals surface area contributed by atoms with Gasteiger partial charge in [0.25, 0.3) is 5.92 Å². The lowest BCUT2D eigenvalue weighted by Crippen LogP contribution is -2.70. The molecule has 5 rings (SSSR count). The Bertz CT molecular complexity index is 1200. The molecule has 2 aromatic rings. The number of amides is 2. The van der Waals surface area contributed by atoms with Crippen molar-refractivity contribution >= 4 is 11.8 Å². The number of morpholine rings is 1. The summed E-state index contributed by atoms with van der Waals surface area (Å²) in [4.78, 5) is 26.1. The van der Waals surface area contributed by atoms with Crippen LogP contribution in [0, 0.1) is 23.4 Å². The van der Waals surface area contributed by atoms with Gasteiger partial charge >= 0.3 is 0 Å². The molecule has 2 saturated heterocycles. The lowest BCUT2D eigenvalue weighted by atomic mass is 9.80. The van der Waals surface area contributed by atoms with Crippen LogP contribution in [0.2, 0.25) is 0 Å². The molecule has 2 aromatic carbocycles. The molecular weight excluding hydrogens is 490 g/mol. The van der Waals surface area contributed by atoms with E-state index in [1.165, 1.54) is 18.2 Å². The van der Waals surface area contributed by atoms with Gasteiger partial charge in [-0.2, -0.15) is 0 Å². The molecule has 192 valence electrons. The first-order chi connectivity index (χ1) is 17.0. The van der Waals surface area contributed by atoms with E-state index in [9.17, 15) is 22.8 Å². The predicted molar refractivity (Wildman–Crippen MR) is 115 cm³/mol. The molecule has 0 bridgehead atoms. The first-order valence-electron chi connectivity index (χ1n) is 11.5. The SMILES string of the molecule is O=C1COCC2(N1)C(Cc1cccc(-c3cc(F)cc(F)c3)c1F)N(C(=O)C1CC(F)C1)CC2(F)F. The third kappa shape index (κ3) is 4.03. The van der Waals surface area contributed by atoms with E-state index in [4.69, 9.17) is 4.74 Å². The van der Waals surface area contributed by atoms with Gasteiger partial charge in [0, 0.05) is 17.5 Å². The number of rotatable bonds is 4. The highest BCUT2D eigenvalue weighted by Crippen LogP contribution is 2.46. The van der Waals surface area contributed by atoms with Crippen LogP contribution < -0.4 is 5.32 Å². The lowest BCUT2D eigenvalue weighted by molar-refractivity contribution is -0.155. The van der Waals surface area contributed by atoms with Crippen LogP contribution in [0.5, 0.6) is 0 Å². The maximum Gasteiger partial charge on any atom is 0.292 e. The summed E-state index contributed by atoms with van der Waals surface area (Å²) in [5, 5.41) is 2.30.